The standard InChI is InChI=1S/C15H9BrClN3O2/c16-11-5-1-10(2-6-11)15(21)18-14-13(19-22-20-14)9-3-7-12(17)8-4-9/h1-8H,(H,18,20,21). The number of hydrogen-bond donors (Lipinski definition) is 1. The Labute approximate surface area is 139 Å². The van der Waals surface area contributed by atoms with Crippen LogP contribution in [0, 0.1) is 0 Å². The molecule has 0 bridgehead atoms. The SMILES string of the molecule is O=C(Nc1nonc1-c1ccc(Cl)cc1)c1ccc(Br)cc1. The van der Waals surface area contributed by atoms with Crippen molar-refractivity contribution in [3.05, 3.63) is 63.6 Å². The average Bonchev–Trinajstić information content (AvgIpc) is 2.97. The van der Waals surface area contributed by atoms with Crippen molar-refractivity contribution in [1.82, 2.24) is 10.3 Å². The number of benzene rings is 2. The van der Waals surface area contributed by atoms with E-state index in [1.807, 2.05) is 0 Å². The van der Waals surface area contributed by atoms with E-state index in [4.69, 9.17) is 16.2 Å². The zero-order valence-electron chi connectivity index (χ0n) is 11.1. The van der Waals surface area contributed by atoms with Crippen molar-refractivity contribution >= 4 is 39.3 Å². The van der Waals surface area contributed by atoms with E-state index in [9.17, 15) is 4.79 Å². The molecule has 0 aliphatic heterocycles. The van der Waals surface area contributed by atoms with Crippen LogP contribution in [0.1, 0.15) is 10.4 Å². The summed E-state index contributed by atoms with van der Waals surface area (Å²) in [6.07, 6.45) is 0. The summed E-state index contributed by atoms with van der Waals surface area (Å²) in [5.41, 5.74) is 1.70. The Kier molecular flexibility index (Phi) is 4.22. The molecule has 0 spiro atoms. The molecule has 0 aliphatic rings. The Bertz CT molecular complexity index is 800. The summed E-state index contributed by atoms with van der Waals surface area (Å²) in [5, 5.41) is 10.9. The van der Waals surface area contributed by atoms with Gasteiger partial charge in [-0.05, 0) is 46.7 Å². The number of halogens is 2. The molecule has 0 unspecified atom stereocenters. The number of rotatable bonds is 3. The van der Waals surface area contributed by atoms with Gasteiger partial charge in [-0.1, -0.05) is 39.7 Å². The lowest BCUT2D eigenvalue weighted by Crippen LogP contribution is -2.12. The van der Waals surface area contributed by atoms with E-state index in [2.05, 4.69) is 31.6 Å². The molecule has 1 aromatic heterocycles. The molecule has 3 rings (SSSR count). The van der Waals surface area contributed by atoms with Gasteiger partial charge in [0.2, 0.25) is 5.82 Å². The van der Waals surface area contributed by atoms with Gasteiger partial charge in [0.05, 0.1) is 0 Å². The van der Waals surface area contributed by atoms with Gasteiger partial charge in [0, 0.05) is 20.6 Å². The van der Waals surface area contributed by atoms with Gasteiger partial charge in [-0.25, -0.2) is 4.63 Å². The van der Waals surface area contributed by atoms with Gasteiger partial charge >= 0.3 is 0 Å². The number of carbonyl (C=O) groups excluding carboxylic acids is 1. The first-order chi connectivity index (χ1) is 10.6. The largest absolute Gasteiger partial charge is 0.302 e. The van der Waals surface area contributed by atoms with Gasteiger partial charge in [-0.15, -0.1) is 0 Å². The molecule has 1 N–H and O–H groups in total. The van der Waals surface area contributed by atoms with E-state index < -0.39 is 0 Å². The second kappa shape index (κ2) is 6.29. The van der Waals surface area contributed by atoms with Crippen LogP contribution in [0.4, 0.5) is 5.82 Å². The molecule has 2 aromatic carbocycles. The maximum absolute atomic E-state index is 12.2. The minimum absolute atomic E-state index is 0.259. The lowest BCUT2D eigenvalue weighted by molar-refractivity contribution is 0.102. The van der Waals surface area contributed by atoms with Crippen LogP contribution in [-0.2, 0) is 0 Å². The summed E-state index contributed by atoms with van der Waals surface area (Å²) in [6, 6.07) is 14.0. The van der Waals surface area contributed by atoms with Crippen molar-refractivity contribution < 1.29 is 9.42 Å². The highest BCUT2D eigenvalue weighted by atomic mass is 79.9. The van der Waals surface area contributed by atoms with Gasteiger partial charge in [-0.2, -0.15) is 0 Å². The molecular weight excluding hydrogens is 370 g/mol. The Balaban J connectivity index is 1.84. The fourth-order valence-corrected chi connectivity index (χ4v) is 2.24. The first-order valence-corrected chi connectivity index (χ1v) is 7.46. The Morgan fingerprint density at radius 3 is 2.41 bits per heavy atom. The lowest BCUT2D eigenvalue weighted by Gasteiger charge is -2.03. The van der Waals surface area contributed by atoms with Crippen molar-refractivity contribution in [1.29, 1.82) is 0 Å². The maximum Gasteiger partial charge on any atom is 0.256 e. The molecule has 0 aliphatic carbocycles. The number of anilines is 1. The number of nitrogens with one attached hydrogen (secondary N) is 1. The summed E-state index contributed by atoms with van der Waals surface area (Å²) in [7, 11) is 0. The van der Waals surface area contributed by atoms with Crippen LogP contribution in [-0.4, -0.2) is 16.2 Å². The van der Waals surface area contributed by atoms with E-state index in [-0.39, 0.29) is 11.7 Å². The van der Waals surface area contributed by atoms with Crippen LogP contribution in [0.25, 0.3) is 11.3 Å². The molecule has 22 heavy (non-hydrogen) atoms. The zero-order chi connectivity index (χ0) is 15.5. The summed E-state index contributed by atoms with van der Waals surface area (Å²) in [4.78, 5) is 12.2. The van der Waals surface area contributed by atoms with Gasteiger partial charge < -0.3 is 5.32 Å². The number of aromatic nitrogens is 2. The van der Waals surface area contributed by atoms with E-state index >= 15 is 0 Å². The maximum atomic E-state index is 12.2. The highest BCUT2D eigenvalue weighted by molar-refractivity contribution is 9.10. The Morgan fingerprint density at radius 2 is 1.73 bits per heavy atom. The van der Waals surface area contributed by atoms with E-state index in [0.717, 1.165) is 10.0 Å². The van der Waals surface area contributed by atoms with Gasteiger partial charge in [0.15, 0.2) is 5.69 Å². The fourth-order valence-electron chi connectivity index (χ4n) is 1.85. The highest BCUT2D eigenvalue weighted by Gasteiger charge is 2.16. The van der Waals surface area contributed by atoms with E-state index in [0.29, 0.717) is 16.3 Å². The molecule has 0 fully saturated rings. The third-order valence-corrected chi connectivity index (χ3v) is 3.73. The van der Waals surface area contributed by atoms with Crippen LogP contribution < -0.4 is 5.32 Å². The van der Waals surface area contributed by atoms with Crippen molar-refractivity contribution in [2.75, 3.05) is 5.32 Å². The van der Waals surface area contributed by atoms with E-state index in [1.54, 1.807) is 48.5 Å². The first-order valence-electron chi connectivity index (χ1n) is 6.29. The van der Waals surface area contributed by atoms with Crippen LogP contribution in [0.5, 0.6) is 0 Å². The summed E-state index contributed by atoms with van der Waals surface area (Å²) in [6.45, 7) is 0. The predicted octanol–water partition coefficient (Wildman–Crippen LogP) is 4.40. The number of carbonyl (C=O) groups is 1. The van der Waals surface area contributed by atoms with Crippen LogP contribution >= 0.6 is 27.5 Å². The Morgan fingerprint density at radius 1 is 1.05 bits per heavy atom. The summed E-state index contributed by atoms with van der Waals surface area (Å²) >= 11 is 9.18. The van der Waals surface area contributed by atoms with Crippen molar-refractivity contribution in [3.63, 3.8) is 0 Å². The summed E-state index contributed by atoms with van der Waals surface area (Å²) in [5.74, 6) is -0.0337. The lowest BCUT2D eigenvalue weighted by atomic mass is 10.1. The minimum atomic E-state index is -0.293. The molecular formula is C15H9BrClN3O2. The second-order valence-corrected chi connectivity index (χ2v) is 5.78. The molecule has 1 heterocycles. The molecule has 7 heteroatoms. The van der Waals surface area contributed by atoms with Crippen molar-refractivity contribution in [3.8, 4) is 11.3 Å². The van der Waals surface area contributed by atoms with Gasteiger partial charge in [0.25, 0.3) is 5.91 Å². The normalized spacial score (nSPS) is 10.5. The monoisotopic (exact) mass is 377 g/mol. The number of amides is 1. The first kappa shape index (κ1) is 14.7. The molecule has 0 atom stereocenters. The van der Waals surface area contributed by atoms with Crippen molar-refractivity contribution in [2.24, 2.45) is 0 Å². The Hall–Kier alpha value is -2.18. The summed E-state index contributed by atoms with van der Waals surface area (Å²) < 4.78 is 5.63. The molecule has 0 saturated heterocycles. The topological polar surface area (TPSA) is 68.0 Å². The number of nitrogens with zero attached hydrogens (tertiary/aromatic N) is 2. The smallest absolute Gasteiger partial charge is 0.256 e. The van der Waals surface area contributed by atoms with Crippen molar-refractivity contribution in [2.45, 2.75) is 0 Å². The van der Waals surface area contributed by atoms with E-state index in [1.165, 1.54) is 0 Å². The third kappa shape index (κ3) is 3.18. The van der Waals surface area contributed by atoms with Crippen LogP contribution in [0.2, 0.25) is 5.02 Å². The zero-order valence-corrected chi connectivity index (χ0v) is 13.4. The van der Waals surface area contributed by atoms with Crippen LogP contribution in [0.15, 0.2) is 57.6 Å². The molecule has 110 valence electrons. The third-order valence-electron chi connectivity index (χ3n) is 2.94. The molecule has 0 saturated carbocycles. The van der Waals surface area contributed by atoms with Crippen LogP contribution in [0.3, 0.4) is 0 Å². The van der Waals surface area contributed by atoms with Gasteiger partial charge in [-0.3, -0.25) is 4.79 Å². The van der Waals surface area contributed by atoms with Gasteiger partial charge in [0.1, 0.15) is 0 Å². The quantitative estimate of drug-likeness (QED) is 0.733. The minimum Gasteiger partial charge on any atom is -0.302 e. The molecule has 5 nitrogen and oxygen atoms in total. The number of hydrogen-bond acceptors (Lipinski definition) is 4. The second-order valence-electron chi connectivity index (χ2n) is 4.43. The highest BCUT2D eigenvalue weighted by Crippen LogP contribution is 2.26. The molecule has 1 amide bonds. The fraction of sp³-hybridized carbons (Fsp3) is 0. The molecule has 0 radical (unpaired) electrons. The average molecular weight is 379 g/mol. The predicted molar refractivity (Wildman–Crippen MR) is 86.8 cm³/mol. The molecule has 3 aromatic rings.